The Kier molecular flexibility index (Phi) is 5.15. The van der Waals surface area contributed by atoms with E-state index in [-0.39, 0.29) is 5.91 Å². The van der Waals surface area contributed by atoms with Crippen LogP contribution in [0.4, 0.5) is 5.69 Å². The van der Waals surface area contributed by atoms with Crippen molar-refractivity contribution in [3.05, 3.63) is 57.4 Å². The smallest absolute Gasteiger partial charge is 0.337 e. The van der Waals surface area contributed by atoms with Crippen LogP contribution in [0.2, 0.25) is 5.02 Å². The first-order valence-corrected chi connectivity index (χ1v) is 8.90. The predicted molar refractivity (Wildman–Crippen MR) is 104 cm³/mol. The summed E-state index contributed by atoms with van der Waals surface area (Å²) in [6.07, 6.45) is 0. The molecule has 1 aromatic heterocycles. The van der Waals surface area contributed by atoms with Crippen molar-refractivity contribution in [2.24, 2.45) is 0 Å². The molecule has 0 spiro atoms. The van der Waals surface area contributed by atoms with E-state index in [0.717, 1.165) is 15.6 Å². The Bertz CT molecular complexity index is 1010. The highest BCUT2D eigenvalue weighted by Crippen LogP contribution is 2.37. The van der Waals surface area contributed by atoms with Crippen LogP contribution >= 0.6 is 22.9 Å². The Labute approximate surface area is 159 Å². The molecule has 0 fully saturated rings. The Hall–Kier alpha value is -2.57. The lowest BCUT2D eigenvalue weighted by atomic mass is 10.1. The summed E-state index contributed by atoms with van der Waals surface area (Å²) in [5, 5.41) is 4.01. The number of aryl methyl sites for hydroxylation is 1. The molecule has 134 valence electrons. The molecular formula is C19H16ClNO4S. The lowest BCUT2D eigenvalue weighted by molar-refractivity contribution is 0.0600. The Morgan fingerprint density at radius 2 is 1.88 bits per heavy atom. The maximum atomic E-state index is 12.7. The molecule has 3 aromatic rings. The fourth-order valence-corrected chi connectivity index (χ4v) is 3.94. The van der Waals surface area contributed by atoms with Gasteiger partial charge in [0, 0.05) is 15.8 Å². The number of halogens is 1. The number of nitrogens with one attached hydrogen (secondary N) is 1. The summed E-state index contributed by atoms with van der Waals surface area (Å²) in [6, 6.07) is 10.4. The van der Waals surface area contributed by atoms with Gasteiger partial charge < -0.3 is 14.8 Å². The van der Waals surface area contributed by atoms with Gasteiger partial charge in [-0.25, -0.2) is 4.79 Å². The zero-order chi connectivity index (χ0) is 18.8. The van der Waals surface area contributed by atoms with Gasteiger partial charge in [-0.15, -0.1) is 11.3 Å². The second kappa shape index (κ2) is 7.35. The lowest BCUT2D eigenvalue weighted by Gasteiger charge is -2.09. The van der Waals surface area contributed by atoms with E-state index in [0.29, 0.717) is 26.9 Å². The van der Waals surface area contributed by atoms with Crippen LogP contribution in [-0.4, -0.2) is 26.1 Å². The third-order valence-electron chi connectivity index (χ3n) is 3.95. The van der Waals surface area contributed by atoms with Gasteiger partial charge >= 0.3 is 5.97 Å². The molecule has 0 unspecified atom stereocenters. The number of carbonyl (C=O) groups is 2. The molecule has 0 aliphatic rings. The molecule has 1 heterocycles. The number of fused-ring (bicyclic) bond motifs is 1. The standard InChI is InChI=1S/C19H16ClNO4S/c1-10-4-5-11(19(23)25-3)8-14(10)21-18(22)17-16(20)13-7-6-12(24-2)9-15(13)26-17/h4-9H,1-3H3,(H,21,22). The maximum Gasteiger partial charge on any atom is 0.337 e. The van der Waals surface area contributed by atoms with Gasteiger partial charge in [0.2, 0.25) is 0 Å². The summed E-state index contributed by atoms with van der Waals surface area (Å²) >= 11 is 7.68. The third kappa shape index (κ3) is 3.38. The fourth-order valence-electron chi connectivity index (χ4n) is 2.50. The number of hydrogen-bond acceptors (Lipinski definition) is 5. The van der Waals surface area contributed by atoms with Crippen LogP contribution < -0.4 is 10.1 Å². The number of carbonyl (C=O) groups excluding carboxylic acids is 2. The van der Waals surface area contributed by atoms with Crippen molar-refractivity contribution in [3.63, 3.8) is 0 Å². The molecule has 0 atom stereocenters. The number of anilines is 1. The minimum absolute atomic E-state index is 0.333. The van der Waals surface area contributed by atoms with Crippen LogP contribution in [0.5, 0.6) is 5.75 Å². The van der Waals surface area contributed by atoms with Crippen molar-refractivity contribution in [1.82, 2.24) is 0 Å². The molecule has 0 bridgehead atoms. The Morgan fingerprint density at radius 1 is 1.12 bits per heavy atom. The average Bonchev–Trinajstić information content (AvgIpc) is 2.98. The summed E-state index contributed by atoms with van der Waals surface area (Å²) < 4.78 is 10.8. The number of benzene rings is 2. The summed E-state index contributed by atoms with van der Waals surface area (Å²) in [7, 11) is 2.90. The maximum absolute atomic E-state index is 12.7. The predicted octanol–water partition coefficient (Wildman–Crippen LogP) is 4.91. The molecule has 7 heteroatoms. The minimum Gasteiger partial charge on any atom is -0.497 e. The van der Waals surface area contributed by atoms with Crippen LogP contribution in [0.3, 0.4) is 0 Å². The van der Waals surface area contributed by atoms with E-state index in [9.17, 15) is 9.59 Å². The molecule has 0 radical (unpaired) electrons. The van der Waals surface area contributed by atoms with Gasteiger partial charge in [0.05, 0.1) is 24.8 Å². The van der Waals surface area contributed by atoms with Crippen molar-refractivity contribution in [2.45, 2.75) is 6.92 Å². The van der Waals surface area contributed by atoms with E-state index in [4.69, 9.17) is 21.1 Å². The first kappa shape index (κ1) is 18.2. The van der Waals surface area contributed by atoms with Gasteiger partial charge in [-0.05, 0) is 42.8 Å². The molecule has 26 heavy (non-hydrogen) atoms. The normalized spacial score (nSPS) is 10.6. The zero-order valence-corrected chi connectivity index (χ0v) is 16.0. The summed E-state index contributed by atoms with van der Waals surface area (Å²) in [5.74, 6) is -0.100. The van der Waals surface area contributed by atoms with Gasteiger partial charge in [0.15, 0.2) is 0 Å². The molecule has 0 aliphatic carbocycles. The van der Waals surface area contributed by atoms with Gasteiger partial charge in [-0.2, -0.15) is 0 Å². The minimum atomic E-state index is -0.465. The number of hydrogen-bond donors (Lipinski definition) is 1. The number of esters is 1. The summed E-state index contributed by atoms with van der Waals surface area (Å²) in [4.78, 5) is 24.8. The molecule has 2 aromatic carbocycles. The van der Waals surface area contributed by atoms with Crippen molar-refractivity contribution < 1.29 is 19.1 Å². The number of thiophene rings is 1. The second-order valence-corrected chi connectivity index (χ2v) is 7.01. The first-order chi connectivity index (χ1) is 12.4. The van der Waals surface area contributed by atoms with Crippen molar-refractivity contribution in [1.29, 1.82) is 0 Å². The highest BCUT2D eigenvalue weighted by atomic mass is 35.5. The highest BCUT2D eigenvalue weighted by molar-refractivity contribution is 7.21. The summed E-state index contributed by atoms with van der Waals surface area (Å²) in [5.41, 5.74) is 1.72. The quantitative estimate of drug-likeness (QED) is 0.644. The van der Waals surface area contributed by atoms with Crippen LogP contribution in [-0.2, 0) is 4.74 Å². The number of ether oxygens (including phenoxy) is 2. The van der Waals surface area contributed by atoms with Gasteiger partial charge in [0.1, 0.15) is 10.6 Å². The van der Waals surface area contributed by atoms with Crippen molar-refractivity contribution >= 4 is 50.6 Å². The van der Waals surface area contributed by atoms with E-state index < -0.39 is 5.97 Å². The number of methoxy groups -OCH3 is 2. The highest BCUT2D eigenvalue weighted by Gasteiger charge is 2.19. The fraction of sp³-hybridized carbons (Fsp3) is 0.158. The molecule has 0 saturated carbocycles. The van der Waals surface area contributed by atoms with Crippen LogP contribution in [0.1, 0.15) is 25.6 Å². The molecule has 5 nitrogen and oxygen atoms in total. The molecule has 0 aliphatic heterocycles. The van der Waals surface area contributed by atoms with Crippen LogP contribution in [0, 0.1) is 6.92 Å². The van der Waals surface area contributed by atoms with Crippen LogP contribution in [0.25, 0.3) is 10.1 Å². The Balaban J connectivity index is 1.94. The topological polar surface area (TPSA) is 64.6 Å². The van der Waals surface area contributed by atoms with Gasteiger partial charge in [-0.3, -0.25) is 4.79 Å². The van der Waals surface area contributed by atoms with E-state index in [2.05, 4.69) is 5.32 Å². The van der Waals surface area contributed by atoms with Crippen molar-refractivity contribution in [3.8, 4) is 5.75 Å². The zero-order valence-electron chi connectivity index (χ0n) is 14.4. The van der Waals surface area contributed by atoms with E-state index in [1.54, 1.807) is 31.4 Å². The second-order valence-electron chi connectivity index (χ2n) is 5.58. The molecule has 1 amide bonds. The first-order valence-electron chi connectivity index (χ1n) is 7.71. The molecule has 0 saturated heterocycles. The molecule has 1 N–H and O–H groups in total. The number of amides is 1. The average molecular weight is 390 g/mol. The van der Waals surface area contributed by atoms with Gasteiger partial charge in [0.25, 0.3) is 5.91 Å². The summed E-state index contributed by atoms with van der Waals surface area (Å²) in [6.45, 7) is 1.84. The Morgan fingerprint density at radius 3 is 2.58 bits per heavy atom. The van der Waals surface area contributed by atoms with Gasteiger partial charge in [-0.1, -0.05) is 17.7 Å². The van der Waals surface area contributed by atoms with E-state index in [1.165, 1.54) is 18.4 Å². The van der Waals surface area contributed by atoms with E-state index >= 15 is 0 Å². The molecule has 3 rings (SSSR count). The largest absolute Gasteiger partial charge is 0.497 e. The third-order valence-corrected chi connectivity index (χ3v) is 5.61. The lowest BCUT2D eigenvalue weighted by Crippen LogP contribution is -2.12. The number of rotatable bonds is 4. The van der Waals surface area contributed by atoms with Crippen molar-refractivity contribution in [2.75, 3.05) is 19.5 Å². The molecular weight excluding hydrogens is 374 g/mol. The SMILES string of the molecule is COC(=O)c1ccc(C)c(NC(=O)c2sc3cc(OC)ccc3c2Cl)c1. The van der Waals surface area contributed by atoms with Crippen LogP contribution in [0.15, 0.2) is 36.4 Å². The van der Waals surface area contributed by atoms with E-state index in [1.807, 2.05) is 19.1 Å². The monoisotopic (exact) mass is 389 g/mol.